The van der Waals surface area contributed by atoms with Gasteiger partial charge >= 0.3 is 0 Å². The number of carbonyl (C=O) groups excluding carboxylic acids is 1. The van der Waals surface area contributed by atoms with Gasteiger partial charge in [-0.1, -0.05) is 6.92 Å². The van der Waals surface area contributed by atoms with E-state index >= 15 is 0 Å². The van der Waals surface area contributed by atoms with Gasteiger partial charge in [-0.25, -0.2) is 0 Å². The van der Waals surface area contributed by atoms with E-state index in [1.165, 1.54) is 0 Å². The zero-order valence-corrected chi connectivity index (χ0v) is 10.7. The molecule has 0 radical (unpaired) electrons. The van der Waals surface area contributed by atoms with E-state index in [0.29, 0.717) is 11.3 Å². The molecular weight excluding hydrogens is 224 g/mol. The fraction of sp³-hybridized carbons (Fsp3) is 0.700. The molecule has 1 rings (SSSR count). The molecule has 0 saturated carbocycles. The summed E-state index contributed by atoms with van der Waals surface area (Å²) in [4.78, 5) is 11.7. The van der Waals surface area contributed by atoms with Gasteiger partial charge in [0.2, 0.25) is 5.91 Å². The maximum absolute atomic E-state index is 11.7. The van der Waals surface area contributed by atoms with Gasteiger partial charge in [-0.15, -0.1) is 0 Å². The van der Waals surface area contributed by atoms with Gasteiger partial charge in [0.05, 0.1) is 0 Å². The summed E-state index contributed by atoms with van der Waals surface area (Å²) in [5, 5.41) is 9.65. The summed E-state index contributed by atoms with van der Waals surface area (Å²) in [6.07, 6.45) is 1.79. The summed E-state index contributed by atoms with van der Waals surface area (Å²) in [6.45, 7) is 6.41. The fourth-order valence-electron chi connectivity index (χ4n) is 1.58. The van der Waals surface area contributed by atoms with Gasteiger partial charge in [-0.05, 0) is 32.5 Å². The molecule has 1 heterocycles. The molecule has 1 amide bonds. The number of H-pyrrole nitrogens is 1. The largest absolute Gasteiger partial charge is 0.355 e. The SMILES string of the molecule is CCCc1n[nH]c(=S)n1C(C)C(=O)NCC. The van der Waals surface area contributed by atoms with Crippen molar-refractivity contribution in [2.75, 3.05) is 6.54 Å². The van der Waals surface area contributed by atoms with E-state index in [1.54, 1.807) is 4.57 Å². The van der Waals surface area contributed by atoms with Crippen molar-refractivity contribution in [3.63, 3.8) is 0 Å². The summed E-state index contributed by atoms with van der Waals surface area (Å²) in [5.41, 5.74) is 0. The fourth-order valence-corrected chi connectivity index (χ4v) is 1.88. The number of hydrogen-bond donors (Lipinski definition) is 2. The normalized spacial score (nSPS) is 12.4. The van der Waals surface area contributed by atoms with Crippen LogP contribution in [-0.4, -0.2) is 27.2 Å². The lowest BCUT2D eigenvalue weighted by atomic mass is 10.2. The highest BCUT2D eigenvalue weighted by atomic mass is 32.1. The van der Waals surface area contributed by atoms with Crippen LogP contribution in [0.2, 0.25) is 0 Å². The lowest BCUT2D eigenvalue weighted by molar-refractivity contribution is -0.123. The number of nitrogens with one attached hydrogen (secondary N) is 2. The molecule has 2 N–H and O–H groups in total. The van der Waals surface area contributed by atoms with Crippen molar-refractivity contribution in [1.29, 1.82) is 0 Å². The molecule has 1 aromatic rings. The average molecular weight is 242 g/mol. The van der Waals surface area contributed by atoms with Crippen LogP contribution in [0.15, 0.2) is 0 Å². The second kappa shape index (κ2) is 5.79. The molecule has 0 aliphatic rings. The van der Waals surface area contributed by atoms with Crippen LogP contribution in [0.4, 0.5) is 0 Å². The van der Waals surface area contributed by atoms with Gasteiger partial charge in [0.15, 0.2) is 4.77 Å². The summed E-state index contributed by atoms with van der Waals surface area (Å²) in [5.74, 6) is 0.809. The smallest absolute Gasteiger partial charge is 0.242 e. The van der Waals surface area contributed by atoms with E-state index in [1.807, 2.05) is 13.8 Å². The van der Waals surface area contributed by atoms with E-state index in [2.05, 4.69) is 22.4 Å². The molecule has 0 bridgehead atoms. The van der Waals surface area contributed by atoms with Crippen LogP contribution >= 0.6 is 12.2 Å². The van der Waals surface area contributed by atoms with Crippen molar-refractivity contribution < 1.29 is 4.79 Å². The predicted molar refractivity (Wildman–Crippen MR) is 64.8 cm³/mol. The first-order valence-electron chi connectivity index (χ1n) is 5.55. The Kier molecular flexibility index (Phi) is 4.67. The van der Waals surface area contributed by atoms with Crippen molar-refractivity contribution in [2.24, 2.45) is 0 Å². The number of hydrogen-bond acceptors (Lipinski definition) is 3. The van der Waals surface area contributed by atoms with Crippen molar-refractivity contribution in [2.45, 2.75) is 39.7 Å². The lowest BCUT2D eigenvalue weighted by Crippen LogP contribution is -2.31. The zero-order valence-electron chi connectivity index (χ0n) is 9.91. The Morgan fingerprint density at radius 1 is 1.62 bits per heavy atom. The molecule has 16 heavy (non-hydrogen) atoms. The van der Waals surface area contributed by atoms with Gasteiger partial charge in [0.1, 0.15) is 11.9 Å². The molecule has 1 atom stereocenters. The molecule has 5 nitrogen and oxygen atoms in total. The number of nitrogens with zero attached hydrogens (tertiary/aromatic N) is 2. The first-order chi connectivity index (χ1) is 7.61. The number of carbonyl (C=O) groups is 1. The van der Waals surface area contributed by atoms with E-state index in [9.17, 15) is 4.79 Å². The maximum atomic E-state index is 11.7. The third kappa shape index (κ3) is 2.69. The predicted octanol–water partition coefficient (Wildman–Crippen LogP) is 1.59. The molecule has 1 unspecified atom stereocenters. The van der Waals surface area contributed by atoms with Crippen LogP contribution in [0, 0.1) is 4.77 Å². The van der Waals surface area contributed by atoms with Crippen LogP contribution < -0.4 is 5.32 Å². The minimum absolute atomic E-state index is 0.0302. The Morgan fingerprint density at radius 2 is 2.31 bits per heavy atom. The third-order valence-corrected chi connectivity index (χ3v) is 2.66. The number of rotatable bonds is 5. The zero-order chi connectivity index (χ0) is 12.1. The van der Waals surface area contributed by atoms with Gasteiger partial charge in [0, 0.05) is 13.0 Å². The minimum Gasteiger partial charge on any atom is -0.355 e. The van der Waals surface area contributed by atoms with E-state index in [0.717, 1.165) is 18.7 Å². The Morgan fingerprint density at radius 3 is 2.88 bits per heavy atom. The minimum atomic E-state index is -0.312. The number of likely N-dealkylation sites (N-methyl/N-ethyl adjacent to an activating group) is 1. The summed E-state index contributed by atoms with van der Waals surface area (Å²) < 4.78 is 2.28. The van der Waals surface area contributed by atoms with Crippen molar-refractivity contribution >= 4 is 18.1 Å². The highest BCUT2D eigenvalue weighted by Crippen LogP contribution is 2.11. The van der Waals surface area contributed by atoms with Gasteiger partial charge in [-0.2, -0.15) is 5.10 Å². The first kappa shape index (κ1) is 12.9. The standard InChI is InChI=1S/C10H18N4OS/c1-4-6-8-12-13-10(16)14(8)7(3)9(15)11-5-2/h7H,4-6H2,1-3H3,(H,11,15)(H,13,16). The van der Waals surface area contributed by atoms with Crippen molar-refractivity contribution in [3.05, 3.63) is 10.6 Å². The topological polar surface area (TPSA) is 62.7 Å². The third-order valence-electron chi connectivity index (χ3n) is 2.37. The molecule has 1 aromatic heterocycles. The van der Waals surface area contributed by atoms with Gasteiger partial charge in [0.25, 0.3) is 0 Å². The summed E-state index contributed by atoms with van der Waals surface area (Å²) in [7, 11) is 0. The summed E-state index contributed by atoms with van der Waals surface area (Å²) in [6, 6.07) is -0.312. The Hall–Kier alpha value is -1.17. The molecule has 0 fully saturated rings. The monoisotopic (exact) mass is 242 g/mol. The van der Waals surface area contributed by atoms with Crippen molar-refractivity contribution in [3.8, 4) is 0 Å². The Labute approximate surface area is 100 Å². The lowest BCUT2D eigenvalue weighted by Gasteiger charge is -2.14. The molecule has 6 heteroatoms. The second-order valence-electron chi connectivity index (χ2n) is 3.64. The Bertz CT molecular complexity index is 409. The maximum Gasteiger partial charge on any atom is 0.242 e. The molecule has 0 spiro atoms. The summed E-state index contributed by atoms with van der Waals surface area (Å²) >= 11 is 5.13. The van der Waals surface area contributed by atoms with Crippen molar-refractivity contribution in [1.82, 2.24) is 20.1 Å². The molecule has 0 aliphatic carbocycles. The molecule has 90 valence electrons. The van der Waals surface area contributed by atoms with E-state index < -0.39 is 0 Å². The second-order valence-corrected chi connectivity index (χ2v) is 4.02. The number of aryl methyl sites for hydroxylation is 1. The van der Waals surface area contributed by atoms with E-state index in [-0.39, 0.29) is 11.9 Å². The number of aromatic nitrogens is 3. The van der Waals surface area contributed by atoms with Crippen LogP contribution in [0.5, 0.6) is 0 Å². The van der Waals surface area contributed by atoms with Gasteiger partial charge < -0.3 is 5.32 Å². The molecule has 0 saturated heterocycles. The number of amides is 1. The van der Waals surface area contributed by atoms with Crippen LogP contribution in [0.3, 0.4) is 0 Å². The van der Waals surface area contributed by atoms with Crippen LogP contribution in [0.1, 0.15) is 39.1 Å². The van der Waals surface area contributed by atoms with Gasteiger partial charge in [-0.3, -0.25) is 14.5 Å². The van der Waals surface area contributed by atoms with E-state index in [4.69, 9.17) is 12.2 Å². The highest BCUT2D eigenvalue weighted by molar-refractivity contribution is 7.71. The molecule has 0 aromatic carbocycles. The van der Waals surface area contributed by atoms with Crippen LogP contribution in [-0.2, 0) is 11.2 Å². The van der Waals surface area contributed by atoms with Crippen LogP contribution in [0.25, 0.3) is 0 Å². The molecular formula is C10H18N4OS. The first-order valence-corrected chi connectivity index (χ1v) is 5.96. The quantitative estimate of drug-likeness (QED) is 0.771. The highest BCUT2D eigenvalue weighted by Gasteiger charge is 2.18. The average Bonchev–Trinajstić information content (AvgIpc) is 2.60. The number of aromatic amines is 1. The molecule has 0 aliphatic heterocycles. The Balaban J connectivity index is 2.97.